The molecule has 1 heterocycles. The van der Waals surface area contributed by atoms with Gasteiger partial charge in [0.25, 0.3) is 0 Å². The summed E-state index contributed by atoms with van der Waals surface area (Å²) in [7, 11) is 0. The lowest BCUT2D eigenvalue weighted by Crippen LogP contribution is -2.51. The molecule has 0 aromatic heterocycles. The summed E-state index contributed by atoms with van der Waals surface area (Å²) in [5.41, 5.74) is 0.496. The molecule has 7 heteroatoms. The zero-order valence-electron chi connectivity index (χ0n) is 16.4. The van der Waals surface area contributed by atoms with Gasteiger partial charge in [0, 0.05) is 51.4 Å². The molecule has 27 heavy (non-hydrogen) atoms. The summed E-state index contributed by atoms with van der Waals surface area (Å²) >= 11 is 0. The Kier molecular flexibility index (Phi) is 9.14. The van der Waals surface area contributed by atoms with E-state index in [4.69, 9.17) is 4.74 Å². The molecular formula is C20H32FN3O3. The van der Waals surface area contributed by atoms with E-state index in [9.17, 15) is 14.3 Å². The number of hydrogen-bond donors (Lipinski definition) is 1. The van der Waals surface area contributed by atoms with E-state index in [0.717, 1.165) is 39.3 Å². The van der Waals surface area contributed by atoms with E-state index in [1.54, 1.807) is 18.2 Å². The first-order chi connectivity index (χ1) is 13.0. The van der Waals surface area contributed by atoms with Crippen LogP contribution in [0.2, 0.25) is 0 Å². The Hall–Kier alpha value is -1.54. The van der Waals surface area contributed by atoms with Crippen molar-refractivity contribution in [1.29, 1.82) is 0 Å². The lowest BCUT2D eigenvalue weighted by molar-refractivity contribution is -0.132. The van der Waals surface area contributed by atoms with Crippen molar-refractivity contribution >= 4 is 5.91 Å². The summed E-state index contributed by atoms with van der Waals surface area (Å²) in [4.78, 5) is 18.4. The second kappa shape index (κ2) is 11.3. The van der Waals surface area contributed by atoms with E-state index in [1.807, 2.05) is 18.7 Å². The van der Waals surface area contributed by atoms with Gasteiger partial charge in [-0.2, -0.15) is 0 Å². The third-order valence-electron chi connectivity index (χ3n) is 4.93. The first-order valence-electron chi connectivity index (χ1n) is 9.75. The van der Waals surface area contributed by atoms with Crippen LogP contribution in [-0.4, -0.2) is 90.8 Å². The molecule has 1 atom stereocenters. The Morgan fingerprint density at radius 2 is 1.81 bits per heavy atom. The molecule has 0 spiro atoms. The Bertz CT molecular complexity index is 575. The van der Waals surface area contributed by atoms with Crippen molar-refractivity contribution in [2.75, 3.05) is 59.0 Å². The van der Waals surface area contributed by atoms with E-state index in [-0.39, 0.29) is 24.9 Å². The van der Waals surface area contributed by atoms with Crippen LogP contribution in [0.15, 0.2) is 24.3 Å². The number of aliphatic hydroxyl groups is 1. The molecular weight excluding hydrogens is 349 g/mol. The zero-order chi connectivity index (χ0) is 19.6. The Labute approximate surface area is 161 Å². The summed E-state index contributed by atoms with van der Waals surface area (Å²) in [5, 5.41) is 10.2. The van der Waals surface area contributed by atoms with Crippen molar-refractivity contribution in [2.24, 2.45) is 0 Å². The number of halogens is 1. The monoisotopic (exact) mass is 381 g/mol. The molecule has 1 aromatic rings. The maximum atomic E-state index is 13.5. The van der Waals surface area contributed by atoms with Gasteiger partial charge in [-0.3, -0.25) is 14.6 Å². The molecule has 1 fully saturated rings. The number of hydrogen-bond acceptors (Lipinski definition) is 5. The highest BCUT2D eigenvalue weighted by molar-refractivity contribution is 5.78. The molecule has 1 aliphatic heterocycles. The van der Waals surface area contributed by atoms with Gasteiger partial charge in [-0.15, -0.1) is 0 Å². The smallest absolute Gasteiger partial charge is 0.236 e. The molecule has 0 aliphatic carbocycles. The number of piperazine rings is 1. The van der Waals surface area contributed by atoms with Gasteiger partial charge >= 0.3 is 0 Å². The highest BCUT2D eigenvalue weighted by Gasteiger charge is 2.22. The lowest BCUT2D eigenvalue weighted by atomic mass is 10.2. The van der Waals surface area contributed by atoms with Crippen LogP contribution in [0.1, 0.15) is 19.4 Å². The van der Waals surface area contributed by atoms with Crippen LogP contribution in [0.5, 0.6) is 0 Å². The molecule has 0 bridgehead atoms. The maximum Gasteiger partial charge on any atom is 0.236 e. The fourth-order valence-electron chi connectivity index (χ4n) is 3.27. The average molecular weight is 381 g/mol. The minimum Gasteiger partial charge on any atom is -0.389 e. The Morgan fingerprint density at radius 1 is 1.19 bits per heavy atom. The molecule has 1 aliphatic rings. The number of benzene rings is 1. The van der Waals surface area contributed by atoms with Crippen LogP contribution in [0.4, 0.5) is 4.39 Å². The summed E-state index contributed by atoms with van der Waals surface area (Å²) in [5.74, 6) is -0.114. The fraction of sp³-hybridized carbons (Fsp3) is 0.650. The molecule has 1 saturated heterocycles. The van der Waals surface area contributed by atoms with Gasteiger partial charge in [-0.1, -0.05) is 18.2 Å². The van der Waals surface area contributed by atoms with Crippen LogP contribution in [0.25, 0.3) is 0 Å². The largest absolute Gasteiger partial charge is 0.389 e. The predicted octanol–water partition coefficient (Wildman–Crippen LogP) is 1.19. The number of carbonyl (C=O) groups is 1. The van der Waals surface area contributed by atoms with Gasteiger partial charge in [-0.05, 0) is 19.9 Å². The highest BCUT2D eigenvalue weighted by Crippen LogP contribution is 2.09. The summed E-state index contributed by atoms with van der Waals surface area (Å²) < 4.78 is 19.0. The Morgan fingerprint density at radius 3 is 2.44 bits per heavy atom. The molecule has 2 rings (SSSR count). The zero-order valence-corrected chi connectivity index (χ0v) is 16.4. The van der Waals surface area contributed by atoms with Crippen LogP contribution in [0, 0.1) is 5.82 Å². The first kappa shape index (κ1) is 21.8. The minimum atomic E-state index is -0.611. The summed E-state index contributed by atoms with van der Waals surface area (Å²) in [6.07, 6.45) is -0.611. The van der Waals surface area contributed by atoms with Crippen molar-refractivity contribution in [3.8, 4) is 0 Å². The van der Waals surface area contributed by atoms with E-state index in [1.165, 1.54) is 6.07 Å². The molecule has 1 aromatic carbocycles. The molecule has 152 valence electrons. The number of likely N-dealkylation sites (N-methyl/N-ethyl adjacent to an activating group) is 1. The predicted molar refractivity (Wildman–Crippen MR) is 103 cm³/mol. The molecule has 1 unspecified atom stereocenters. The van der Waals surface area contributed by atoms with Crippen molar-refractivity contribution < 1.29 is 19.0 Å². The third kappa shape index (κ3) is 7.18. The summed E-state index contributed by atoms with van der Waals surface area (Å²) in [6.45, 7) is 10.1. The molecule has 0 radical (unpaired) electrons. The van der Waals surface area contributed by atoms with Crippen LogP contribution >= 0.6 is 0 Å². The van der Waals surface area contributed by atoms with E-state index >= 15 is 0 Å². The number of rotatable bonds is 10. The van der Waals surface area contributed by atoms with Gasteiger partial charge in [0.15, 0.2) is 0 Å². The van der Waals surface area contributed by atoms with Crippen molar-refractivity contribution in [3.63, 3.8) is 0 Å². The fourth-order valence-corrected chi connectivity index (χ4v) is 3.27. The van der Waals surface area contributed by atoms with Crippen molar-refractivity contribution in [1.82, 2.24) is 14.7 Å². The number of carbonyl (C=O) groups excluding carboxylic acids is 1. The summed E-state index contributed by atoms with van der Waals surface area (Å²) in [6, 6.07) is 6.49. The van der Waals surface area contributed by atoms with Gasteiger partial charge in [0.1, 0.15) is 5.82 Å². The number of amides is 1. The third-order valence-corrected chi connectivity index (χ3v) is 4.93. The van der Waals surface area contributed by atoms with Gasteiger partial charge < -0.3 is 14.7 Å². The first-order valence-corrected chi connectivity index (χ1v) is 9.75. The second-order valence-electron chi connectivity index (χ2n) is 6.90. The second-order valence-corrected chi connectivity index (χ2v) is 6.90. The quantitative estimate of drug-likeness (QED) is 0.660. The number of β-amino-alcohol motifs (C(OH)–C–C–N with tert-alkyl or cyclic N) is 1. The van der Waals surface area contributed by atoms with Gasteiger partial charge in [0.2, 0.25) is 5.91 Å². The van der Waals surface area contributed by atoms with Crippen molar-refractivity contribution in [3.05, 3.63) is 35.6 Å². The van der Waals surface area contributed by atoms with Crippen LogP contribution in [0.3, 0.4) is 0 Å². The number of ether oxygens (including phenoxy) is 1. The van der Waals surface area contributed by atoms with E-state index < -0.39 is 6.10 Å². The molecule has 0 saturated carbocycles. The number of aliphatic hydroxyl groups excluding tert-OH is 1. The standard InChI is InChI=1S/C20H32FN3O3/c1-3-24(4-2)20(26)14-23-11-9-22(10-12-23)13-18(25)16-27-15-17-7-5-6-8-19(17)21/h5-8,18,25H,3-4,9-16H2,1-2H3. The van der Waals surface area contributed by atoms with E-state index in [2.05, 4.69) is 9.80 Å². The molecule has 6 nitrogen and oxygen atoms in total. The van der Waals surface area contributed by atoms with Crippen LogP contribution < -0.4 is 0 Å². The SMILES string of the molecule is CCN(CC)C(=O)CN1CCN(CC(O)COCc2ccccc2F)CC1. The topological polar surface area (TPSA) is 56.3 Å². The Balaban J connectivity index is 1.63. The lowest BCUT2D eigenvalue weighted by Gasteiger charge is -2.36. The molecule has 1 amide bonds. The normalized spacial score (nSPS) is 17.0. The molecule has 1 N–H and O–H groups in total. The average Bonchev–Trinajstić information content (AvgIpc) is 2.66. The van der Waals surface area contributed by atoms with Crippen LogP contribution in [-0.2, 0) is 16.1 Å². The number of nitrogens with zero attached hydrogens (tertiary/aromatic N) is 3. The van der Waals surface area contributed by atoms with Gasteiger partial charge in [-0.25, -0.2) is 4.39 Å². The minimum absolute atomic E-state index is 0.158. The maximum absolute atomic E-state index is 13.5. The van der Waals surface area contributed by atoms with Crippen molar-refractivity contribution in [2.45, 2.75) is 26.6 Å². The van der Waals surface area contributed by atoms with E-state index in [0.29, 0.717) is 18.7 Å². The highest BCUT2D eigenvalue weighted by atomic mass is 19.1. The van der Waals surface area contributed by atoms with Gasteiger partial charge in [0.05, 0.1) is 25.9 Å².